The molecule has 0 bridgehead atoms. The van der Waals surface area contributed by atoms with Gasteiger partial charge in [-0.15, -0.1) is 0 Å². The predicted molar refractivity (Wildman–Crippen MR) is 82.8 cm³/mol. The molecule has 102 valence electrons. The predicted octanol–water partition coefficient (Wildman–Crippen LogP) is 4.27. The Balaban J connectivity index is 2.39. The Kier molecular flexibility index (Phi) is 4.20. The van der Waals surface area contributed by atoms with Crippen LogP contribution in [0.1, 0.15) is 24.5 Å². The van der Waals surface area contributed by atoms with Crippen LogP contribution in [-0.4, -0.2) is 15.9 Å². The molecule has 0 saturated carbocycles. The molecule has 0 saturated heterocycles. The van der Waals surface area contributed by atoms with Crippen LogP contribution < -0.4 is 0 Å². The summed E-state index contributed by atoms with van der Waals surface area (Å²) >= 11 is 0. The van der Waals surface area contributed by atoms with E-state index in [0.29, 0.717) is 12.0 Å². The first-order valence-electron chi connectivity index (χ1n) is 6.46. The first-order valence-corrected chi connectivity index (χ1v) is 6.46. The van der Waals surface area contributed by atoms with Gasteiger partial charge >= 0.3 is 0 Å². The van der Waals surface area contributed by atoms with E-state index in [1.54, 1.807) is 18.2 Å². The van der Waals surface area contributed by atoms with Crippen LogP contribution in [0.15, 0.2) is 54.0 Å². The van der Waals surface area contributed by atoms with Crippen LogP contribution in [0.25, 0.3) is 6.08 Å². The summed E-state index contributed by atoms with van der Waals surface area (Å²) < 4.78 is 0. The molecular weight excluding hydrogens is 250 g/mol. The van der Waals surface area contributed by atoms with Crippen molar-refractivity contribution in [3.63, 3.8) is 0 Å². The summed E-state index contributed by atoms with van der Waals surface area (Å²) in [4.78, 5) is 4.55. The zero-order chi connectivity index (χ0) is 14.5. The summed E-state index contributed by atoms with van der Waals surface area (Å²) in [5.74, 6) is 0.0744. The van der Waals surface area contributed by atoms with Crippen LogP contribution in [0.5, 0.6) is 11.5 Å². The molecule has 0 fully saturated rings. The maximum absolute atomic E-state index is 9.90. The third-order valence-electron chi connectivity index (χ3n) is 3.02. The van der Waals surface area contributed by atoms with Gasteiger partial charge in [0.2, 0.25) is 0 Å². The maximum atomic E-state index is 9.90. The number of aromatic hydroxyl groups is 2. The maximum Gasteiger partial charge on any atom is 0.128 e. The normalized spacial score (nSPS) is 11.3. The Morgan fingerprint density at radius 3 is 2.40 bits per heavy atom. The molecule has 2 N–H and O–H groups in total. The molecule has 0 amide bonds. The fourth-order valence-corrected chi connectivity index (χ4v) is 1.93. The van der Waals surface area contributed by atoms with Gasteiger partial charge in [-0.25, -0.2) is 0 Å². The quantitative estimate of drug-likeness (QED) is 0.813. The summed E-state index contributed by atoms with van der Waals surface area (Å²) in [6.07, 6.45) is 2.46. The molecule has 0 atom stereocenters. The summed E-state index contributed by atoms with van der Waals surface area (Å²) in [6.45, 7) is 5.69. The van der Waals surface area contributed by atoms with Crippen LogP contribution in [0.4, 0.5) is 5.69 Å². The number of phenolic OH excluding ortho intramolecular Hbond substituents is 2. The van der Waals surface area contributed by atoms with E-state index in [1.807, 2.05) is 31.2 Å². The first-order chi connectivity index (χ1) is 9.63. The Morgan fingerprint density at radius 1 is 1.15 bits per heavy atom. The van der Waals surface area contributed by atoms with E-state index < -0.39 is 0 Å². The highest BCUT2D eigenvalue weighted by atomic mass is 16.3. The summed E-state index contributed by atoms with van der Waals surface area (Å²) in [5, 5.41) is 19.2. The first kappa shape index (κ1) is 13.9. The number of benzene rings is 2. The molecule has 0 aliphatic heterocycles. The molecule has 0 unspecified atom stereocenters. The minimum atomic E-state index is 0.0355. The van der Waals surface area contributed by atoms with E-state index in [2.05, 4.69) is 11.6 Å². The molecule has 0 radical (unpaired) electrons. The standard InChI is InChI=1S/C17H17NO2/c1-3-12-5-7-13(8-6-12)18-16(4-2)15-10-9-14(19)11-17(15)20/h3,5-11,19-20H,1,4H2,2H3/b18-16+. The number of aliphatic imine (C=N–C) groups is 1. The van der Waals surface area contributed by atoms with Gasteiger partial charge in [-0.05, 0) is 36.2 Å². The molecule has 3 heteroatoms. The summed E-state index contributed by atoms with van der Waals surface area (Å²) in [7, 11) is 0. The highest BCUT2D eigenvalue weighted by Crippen LogP contribution is 2.26. The number of nitrogens with zero attached hydrogens (tertiary/aromatic N) is 1. The molecule has 0 spiro atoms. The van der Waals surface area contributed by atoms with Gasteiger partial charge < -0.3 is 10.2 Å². The molecule has 0 heterocycles. The van der Waals surface area contributed by atoms with Crippen molar-refractivity contribution < 1.29 is 10.2 Å². The zero-order valence-corrected chi connectivity index (χ0v) is 11.4. The third kappa shape index (κ3) is 3.06. The van der Waals surface area contributed by atoms with Crippen LogP contribution in [0.2, 0.25) is 0 Å². The van der Waals surface area contributed by atoms with E-state index in [4.69, 9.17) is 0 Å². The van der Waals surface area contributed by atoms with E-state index in [-0.39, 0.29) is 11.5 Å². The van der Waals surface area contributed by atoms with Gasteiger partial charge in [-0.1, -0.05) is 31.7 Å². The largest absolute Gasteiger partial charge is 0.508 e. The van der Waals surface area contributed by atoms with Crippen molar-refractivity contribution >= 4 is 17.5 Å². The summed E-state index contributed by atoms with van der Waals surface area (Å²) in [6, 6.07) is 12.2. The molecule has 0 aliphatic carbocycles. The lowest BCUT2D eigenvalue weighted by Gasteiger charge is -2.07. The monoisotopic (exact) mass is 267 g/mol. The van der Waals surface area contributed by atoms with Crippen molar-refractivity contribution in [1.82, 2.24) is 0 Å². The second-order valence-corrected chi connectivity index (χ2v) is 4.41. The minimum absolute atomic E-state index is 0.0355. The lowest BCUT2D eigenvalue weighted by molar-refractivity contribution is 0.450. The van der Waals surface area contributed by atoms with Gasteiger partial charge in [-0.2, -0.15) is 0 Å². The molecular formula is C17H17NO2. The number of rotatable bonds is 4. The van der Waals surface area contributed by atoms with Crippen molar-refractivity contribution in [3.8, 4) is 11.5 Å². The smallest absolute Gasteiger partial charge is 0.128 e. The van der Waals surface area contributed by atoms with E-state index in [9.17, 15) is 10.2 Å². The fourth-order valence-electron chi connectivity index (χ4n) is 1.93. The van der Waals surface area contributed by atoms with Crippen LogP contribution in [0.3, 0.4) is 0 Å². The lowest BCUT2D eigenvalue weighted by atomic mass is 10.1. The molecule has 0 aromatic heterocycles. The molecule has 2 aromatic rings. The number of phenols is 2. The highest BCUT2D eigenvalue weighted by Gasteiger charge is 2.08. The van der Waals surface area contributed by atoms with Gasteiger partial charge in [0.25, 0.3) is 0 Å². The van der Waals surface area contributed by atoms with Crippen molar-refractivity contribution in [2.75, 3.05) is 0 Å². The summed E-state index contributed by atoms with van der Waals surface area (Å²) in [5.41, 5.74) is 3.27. The van der Waals surface area contributed by atoms with E-state index in [1.165, 1.54) is 6.07 Å². The zero-order valence-electron chi connectivity index (χ0n) is 11.4. The topological polar surface area (TPSA) is 52.8 Å². The van der Waals surface area contributed by atoms with Gasteiger partial charge in [0.15, 0.2) is 0 Å². The van der Waals surface area contributed by atoms with Crippen LogP contribution in [-0.2, 0) is 0 Å². The van der Waals surface area contributed by atoms with Crippen molar-refractivity contribution in [3.05, 3.63) is 60.2 Å². The fraction of sp³-hybridized carbons (Fsp3) is 0.118. The van der Waals surface area contributed by atoms with E-state index in [0.717, 1.165) is 17.0 Å². The third-order valence-corrected chi connectivity index (χ3v) is 3.02. The average molecular weight is 267 g/mol. The molecule has 2 rings (SSSR count). The second kappa shape index (κ2) is 6.06. The van der Waals surface area contributed by atoms with Gasteiger partial charge in [0.05, 0.1) is 11.4 Å². The minimum Gasteiger partial charge on any atom is -0.508 e. The van der Waals surface area contributed by atoms with Crippen LogP contribution >= 0.6 is 0 Å². The Morgan fingerprint density at radius 2 is 1.85 bits per heavy atom. The van der Waals surface area contributed by atoms with Gasteiger partial charge in [0, 0.05) is 11.6 Å². The average Bonchev–Trinajstić information content (AvgIpc) is 2.46. The molecule has 3 nitrogen and oxygen atoms in total. The van der Waals surface area contributed by atoms with Gasteiger partial charge in [-0.3, -0.25) is 4.99 Å². The van der Waals surface area contributed by atoms with Crippen LogP contribution in [0, 0.1) is 0 Å². The highest BCUT2D eigenvalue weighted by molar-refractivity contribution is 6.04. The van der Waals surface area contributed by atoms with Crippen molar-refractivity contribution in [2.24, 2.45) is 4.99 Å². The Hall–Kier alpha value is -2.55. The SMILES string of the molecule is C=Cc1ccc(/N=C(\CC)c2ccc(O)cc2O)cc1. The second-order valence-electron chi connectivity index (χ2n) is 4.41. The number of hydrogen-bond donors (Lipinski definition) is 2. The van der Waals surface area contributed by atoms with Crippen molar-refractivity contribution in [1.29, 1.82) is 0 Å². The molecule has 20 heavy (non-hydrogen) atoms. The Bertz CT molecular complexity index is 643. The van der Waals surface area contributed by atoms with Crippen molar-refractivity contribution in [2.45, 2.75) is 13.3 Å². The Labute approximate surface area is 118 Å². The molecule has 0 aliphatic rings. The lowest BCUT2D eigenvalue weighted by Crippen LogP contribution is -1.98. The van der Waals surface area contributed by atoms with Gasteiger partial charge in [0.1, 0.15) is 11.5 Å². The molecule has 2 aromatic carbocycles. The van der Waals surface area contributed by atoms with E-state index >= 15 is 0 Å². The number of hydrogen-bond acceptors (Lipinski definition) is 3.